The van der Waals surface area contributed by atoms with Gasteiger partial charge in [0.05, 0.1) is 6.54 Å². The number of carbonyl (C=O) groups is 2. The van der Waals surface area contributed by atoms with E-state index in [1.807, 2.05) is 36.2 Å². The number of nitrogens with zero attached hydrogens (tertiary/aromatic N) is 2. The van der Waals surface area contributed by atoms with E-state index >= 15 is 0 Å². The average molecular weight is 366 g/mol. The molecule has 1 aliphatic rings. The van der Waals surface area contributed by atoms with E-state index in [4.69, 9.17) is 11.6 Å². The topological polar surface area (TPSA) is 52.7 Å². The summed E-state index contributed by atoms with van der Waals surface area (Å²) in [5.41, 5.74) is 1.10. The highest BCUT2D eigenvalue weighted by Gasteiger charge is 2.22. The maximum absolute atomic E-state index is 12.3. The van der Waals surface area contributed by atoms with Crippen LogP contribution in [0.15, 0.2) is 24.3 Å². The fourth-order valence-electron chi connectivity index (χ4n) is 3.06. The maximum Gasteiger partial charge on any atom is 0.242 e. The molecule has 5 nitrogen and oxygen atoms in total. The Morgan fingerprint density at radius 3 is 2.28 bits per heavy atom. The van der Waals surface area contributed by atoms with Gasteiger partial charge in [0.15, 0.2) is 0 Å². The first-order chi connectivity index (χ1) is 11.9. The molecular formula is C19H28ClN3O2. The Labute approximate surface area is 155 Å². The van der Waals surface area contributed by atoms with Gasteiger partial charge in [-0.1, -0.05) is 37.6 Å². The zero-order valence-electron chi connectivity index (χ0n) is 15.3. The standard InChI is InChI=1S/C19H28ClN3O2/c1-14(2)17(15-4-6-16(20)7-5-15)12-18(24)21-13-19(25)23-10-8-22(3)9-11-23/h4-7,14,17H,8-13H2,1-3H3,(H,21,24). The van der Waals surface area contributed by atoms with Crippen LogP contribution in [0.5, 0.6) is 0 Å². The van der Waals surface area contributed by atoms with Crippen molar-refractivity contribution in [3.63, 3.8) is 0 Å². The van der Waals surface area contributed by atoms with Crippen molar-refractivity contribution in [2.45, 2.75) is 26.2 Å². The lowest BCUT2D eigenvalue weighted by atomic mass is 9.85. The van der Waals surface area contributed by atoms with Crippen molar-refractivity contribution in [2.75, 3.05) is 39.8 Å². The summed E-state index contributed by atoms with van der Waals surface area (Å²) >= 11 is 5.94. The summed E-state index contributed by atoms with van der Waals surface area (Å²) in [6.45, 7) is 7.49. The largest absolute Gasteiger partial charge is 0.347 e. The summed E-state index contributed by atoms with van der Waals surface area (Å²) in [6, 6.07) is 7.63. The van der Waals surface area contributed by atoms with Crippen LogP contribution in [0.2, 0.25) is 5.02 Å². The molecule has 0 radical (unpaired) electrons. The molecule has 2 amide bonds. The predicted molar refractivity (Wildman–Crippen MR) is 101 cm³/mol. The quantitative estimate of drug-likeness (QED) is 0.842. The fraction of sp³-hybridized carbons (Fsp3) is 0.579. The van der Waals surface area contributed by atoms with Crippen LogP contribution >= 0.6 is 11.6 Å². The number of rotatable bonds is 6. The Balaban J connectivity index is 1.85. The van der Waals surface area contributed by atoms with Crippen molar-refractivity contribution in [1.82, 2.24) is 15.1 Å². The molecule has 0 bridgehead atoms. The van der Waals surface area contributed by atoms with Crippen molar-refractivity contribution in [3.05, 3.63) is 34.9 Å². The van der Waals surface area contributed by atoms with Gasteiger partial charge < -0.3 is 15.1 Å². The van der Waals surface area contributed by atoms with Gasteiger partial charge in [0.25, 0.3) is 0 Å². The first-order valence-electron chi connectivity index (χ1n) is 8.85. The minimum atomic E-state index is -0.0869. The molecule has 1 saturated heterocycles. The number of hydrogen-bond acceptors (Lipinski definition) is 3. The first-order valence-corrected chi connectivity index (χ1v) is 9.23. The van der Waals surface area contributed by atoms with E-state index in [0.29, 0.717) is 17.4 Å². The van der Waals surface area contributed by atoms with Crippen LogP contribution in [-0.4, -0.2) is 61.4 Å². The van der Waals surface area contributed by atoms with Crippen LogP contribution < -0.4 is 5.32 Å². The zero-order valence-corrected chi connectivity index (χ0v) is 16.1. The molecule has 1 fully saturated rings. The molecule has 1 heterocycles. The maximum atomic E-state index is 12.3. The predicted octanol–water partition coefficient (Wildman–Crippen LogP) is 2.36. The van der Waals surface area contributed by atoms with Gasteiger partial charge in [0, 0.05) is 37.6 Å². The molecule has 25 heavy (non-hydrogen) atoms. The lowest BCUT2D eigenvalue weighted by Gasteiger charge is -2.32. The Hall–Kier alpha value is -1.59. The molecule has 2 rings (SSSR count). The van der Waals surface area contributed by atoms with Crippen LogP contribution in [-0.2, 0) is 9.59 Å². The molecule has 0 saturated carbocycles. The molecule has 138 valence electrons. The number of piperazine rings is 1. The normalized spacial score (nSPS) is 16.8. The van der Waals surface area contributed by atoms with E-state index in [2.05, 4.69) is 24.1 Å². The number of amides is 2. The van der Waals surface area contributed by atoms with Crippen molar-refractivity contribution in [2.24, 2.45) is 5.92 Å². The Kier molecular flexibility index (Phi) is 7.26. The SMILES string of the molecule is CC(C)C(CC(=O)NCC(=O)N1CCN(C)CC1)c1ccc(Cl)cc1. The highest BCUT2D eigenvalue weighted by molar-refractivity contribution is 6.30. The lowest BCUT2D eigenvalue weighted by molar-refractivity contribution is -0.134. The number of halogens is 1. The number of carbonyl (C=O) groups excluding carboxylic acids is 2. The molecular weight excluding hydrogens is 338 g/mol. The summed E-state index contributed by atoms with van der Waals surface area (Å²) in [5, 5.41) is 3.48. The van der Waals surface area contributed by atoms with Gasteiger partial charge in [-0.05, 0) is 36.6 Å². The summed E-state index contributed by atoms with van der Waals surface area (Å²) in [7, 11) is 2.05. The summed E-state index contributed by atoms with van der Waals surface area (Å²) < 4.78 is 0. The molecule has 0 aliphatic carbocycles. The third kappa shape index (κ3) is 6.01. The molecule has 1 unspecified atom stereocenters. The van der Waals surface area contributed by atoms with Crippen LogP contribution in [0.3, 0.4) is 0 Å². The number of hydrogen-bond donors (Lipinski definition) is 1. The molecule has 1 atom stereocenters. The van der Waals surface area contributed by atoms with E-state index in [0.717, 1.165) is 31.7 Å². The minimum Gasteiger partial charge on any atom is -0.347 e. The number of benzene rings is 1. The third-order valence-corrected chi connectivity index (χ3v) is 5.05. The molecule has 1 N–H and O–H groups in total. The third-order valence-electron chi connectivity index (χ3n) is 4.80. The zero-order chi connectivity index (χ0) is 18.4. The smallest absolute Gasteiger partial charge is 0.242 e. The second-order valence-electron chi connectivity index (χ2n) is 7.07. The van der Waals surface area contributed by atoms with Crippen LogP contribution in [0.1, 0.15) is 31.7 Å². The van der Waals surface area contributed by atoms with Gasteiger partial charge in [-0.2, -0.15) is 0 Å². The van der Waals surface area contributed by atoms with Crippen LogP contribution in [0.25, 0.3) is 0 Å². The molecule has 1 aromatic carbocycles. The Morgan fingerprint density at radius 1 is 1.12 bits per heavy atom. The first kappa shape index (κ1) is 19.7. The lowest BCUT2D eigenvalue weighted by Crippen LogP contribution is -2.50. The van der Waals surface area contributed by atoms with Gasteiger partial charge in [0.2, 0.25) is 11.8 Å². The van der Waals surface area contributed by atoms with Gasteiger partial charge in [-0.3, -0.25) is 9.59 Å². The molecule has 6 heteroatoms. The summed E-state index contributed by atoms with van der Waals surface area (Å²) in [5.74, 6) is 0.335. The second-order valence-corrected chi connectivity index (χ2v) is 7.50. The van der Waals surface area contributed by atoms with Crippen molar-refractivity contribution in [1.29, 1.82) is 0 Å². The summed E-state index contributed by atoms with van der Waals surface area (Å²) in [6.07, 6.45) is 0.370. The van der Waals surface area contributed by atoms with Crippen molar-refractivity contribution >= 4 is 23.4 Å². The fourth-order valence-corrected chi connectivity index (χ4v) is 3.19. The van der Waals surface area contributed by atoms with E-state index in [-0.39, 0.29) is 24.3 Å². The van der Waals surface area contributed by atoms with E-state index < -0.39 is 0 Å². The monoisotopic (exact) mass is 365 g/mol. The molecule has 1 aliphatic heterocycles. The van der Waals surface area contributed by atoms with Gasteiger partial charge >= 0.3 is 0 Å². The molecule has 0 spiro atoms. The Morgan fingerprint density at radius 2 is 1.72 bits per heavy atom. The highest BCUT2D eigenvalue weighted by Crippen LogP contribution is 2.28. The van der Waals surface area contributed by atoms with Crippen LogP contribution in [0, 0.1) is 5.92 Å². The van der Waals surface area contributed by atoms with Gasteiger partial charge in [-0.25, -0.2) is 0 Å². The number of likely N-dealkylation sites (N-methyl/N-ethyl adjacent to an activating group) is 1. The molecule has 0 aromatic heterocycles. The van der Waals surface area contributed by atoms with Crippen LogP contribution in [0.4, 0.5) is 0 Å². The second kappa shape index (κ2) is 9.20. The average Bonchev–Trinajstić information content (AvgIpc) is 2.59. The van der Waals surface area contributed by atoms with E-state index in [9.17, 15) is 9.59 Å². The Bertz CT molecular complexity index is 581. The summed E-state index contributed by atoms with van der Waals surface area (Å²) in [4.78, 5) is 28.6. The van der Waals surface area contributed by atoms with E-state index in [1.54, 1.807) is 0 Å². The minimum absolute atomic E-state index is 0.00552. The number of nitrogens with one attached hydrogen (secondary N) is 1. The van der Waals surface area contributed by atoms with E-state index in [1.165, 1.54) is 0 Å². The highest BCUT2D eigenvalue weighted by atomic mass is 35.5. The van der Waals surface area contributed by atoms with Gasteiger partial charge in [-0.15, -0.1) is 0 Å². The van der Waals surface area contributed by atoms with Crippen molar-refractivity contribution in [3.8, 4) is 0 Å². The van der Waals surface area contributed by atoms with Crippen molar-refractivity contribution < 1.29 is 9.59 Å². The van der Waals surface area contributed by atoms with Gasteiger partial charge in [0.1, 0.15) is 0 Å². The molecule has 1 aromatic rings.